The predicted molar refractivity (Wildman–Crippen MR) is 101 cm³/mol. The maximum atomic E-state index is 13.2. The van der Waals surface area contributed by atoms with Crippen molar-refractivity contribution >= 4 is 17.5 Å². The summed E-state index contributed by atoms with van der Waals surface area (Å²) in [5.41, 5.74) is 2.34. The zero-order valence-electron chi connectivity index (χ0n) is 14.6. The summed E-state index contributed by atoms with van der Waals surface area (Å²) in [4.78, 5) is 16.7. The van der Waals surface area contributed by atoms with E-state index in [9.17, 15) is 9.18 Å². The van der Waals surface area contributed by atoms with Crippen molar-refractivity contribution in [1.82, 2.24) is 9.80 Å². The molecular formula is C21H22ClFN2O. The van der Waals surface area contributed by atoms with Gasteiger partial charge in [-0.3, -0.25) is 4.79 Å². The second kappa shape index (κ2) is 7.01. The maximum Gasteiger partial charge on any atom is 0.227 e. The summed E-state index contributed by atoms with van der Waals surface area (Å²) in [6, 6.07) is 14.3. The Labute approximate surface area is 158 Å². The van der Waals surface area contributed by atoms with Crippen molar-refractivity contribution in [2.24, 2.45) is 5.41 Å². The number of rotatable bonds is 5. The second-order valence-corrected chi connectivity index (χ2v) is 8.08. The van der Waals surface area contributed by atoms with Gasteiger partial charge in [0.15, 0.2) is 0 Å². The number of hydrogen-bond donors (Lipinski definition) is 0. The number of hydrogen-bond acceptors (Lipinski definition) is 2. The summed E-state index contributed by atoms with van der Waals surface area (Å²) in [7, 11) is 0. The molecule has 0 unspecified atom stereocenters. The third-order valence-electron chi connectivity index (χ3n) is 5.40. The summed E-state index contributed by atoms with van der Waals surface area (Å²) in [6.45, 7) is 4.73. The standard InChI is InChI=1S/C21H22ClFN2O/c22-18-6-4-17(5-7-18)11-20(26)25-14-21(15-25)12-24(13-21)9-8-16-2-1-3-19(23)10-16/h1-7,10H,8-9,11-15H2. The molecule has 2 aliphatic rings. The monoisotopic (exact) mass is 372 g/mol. The van der Waals surface area contributed by atoms with Crippen LogP contribution in [0.1, 0.15) is 11.1 Å². The molecule has 2 aromatic carbocycles. The first kappa shape index (κ1) is 17.5. The first-order valence-electron chi connectivity index (χ1n) is 9.00. The van der Waals surface area contributed by atoms with Crippen LogP contribution in [0.15, 0.2) is 48.5 Å². The molecule has 4 rings (SSSR count). The van der Waals surface area contributed by atoms with E-state index in [1.54, 1.807) is 12.1 Å². The van der Waals surface area contributed by atoms with E-state index in [2.05, 4.69) is 4.90 Å². The SMILES string of the molecule is O=C(Cc1ccc(Cl)cc1)N1CC2(CN(CCc3cccc(F)c3)C2)C1. The Balaban J connectivity index is 1.19. The Hall–Kier alpha value is -1.91. The van der Waals surface area contributed by atoms with Gasteiger partial charge in [-0.2, -0.15) is 0 Å². The molecule has 2 saturated heterocycles. The van der Waals surface area contributed by atoms with Gasteiger partial charge in [0.25, 0.3) is 0 Å². The van der Waals surface area contributed by atoms with Gasteiger partial charge >= 0.3 is 0 Å². The van der Waals surface area contributed by atoms with Crippen molar-refractivity contribution in [2.45, 2.75) is 12.8 Å². The van der Waals surface area contributed by atoms with Gasteiger partial charge in [0, 0.05) is 43.2 Å². The molecule has 1 amide bonds. The van der Waals surface area contributed by atoms with Crippen LogP contribution in [0, 0.1) is 11.2 Å². The van der Waals surface area contributed by atoms with Crippen LogP contribution in [0.25, 0.3) is 0 Å². The van der Waals surface area contributed by atoms with Gasteiger partial charge in [0.2, 0.25) is 5.91 Å². The summed E-state index contributed by atoms with van der Waals surface area (Å²) < 4.78 is 13.2. The fraction of sp³-hybridized carbons (Fsp3) is 0.381. The van der Waals surface area contributed by atoms with Crippen molar-refractivity contribution in [1.29, 1.82) is 0 Å². The topological polar surface area (TPSA) is 23.6 Å². The molecule has 2 aliphatic heterocycles. The fourth-order valence-corrected chi connectivity index (χ4v) is 4.19. The highest BCUT2D eigenvalue weighted by Gasteiger charge is 2.52. The van der Waals surface area contributed by atoms with Crippen molar-refractivity contribution in [3.05, 3.63) is 70.5 Å². The van der Waals surface area contributed by atoms with Gasteiger partial charge in [0.1, 0.15) is 5.82 Å². The van der Waals surface area contributed by atoms with Crippen LogP contribution in [0.5, 0.6) is 0 Å². The van der Waals surface area contributed by atoms with E-state index >= 15 is 0 Å². The summed E-state index contributed by atoms with van der Waals surface area (Å²) in [5.74, 6) is 0.0209. The number of benzene rings is 2. The lowest BCUT2D eigenvalue weighted by Crippen LogP contribution is -2.73. The summed E-state index contributed by atoms with van der Waals surface area (Å²) in [6.07, 6.45) is 1.31. The first-order valence-corrected chi connectivity index (χ1v) is 9.38. The van der Waals surface area contributed by atoms with Crippen LogP contribution < -0.4 is 0 Å². The van der Waals surface area contributed by atoms with Gasteiger partial charge in [-0.05, 0) is 41.8 Å². The molecule has 2 aromatic rings. The van der Waals surface area contributed by atoms with Gasteiger partial charge in [0.05, 0.1) is 6.42 Å². The van der Waals surface area contributed by atoms with Gasteiger partial charge < -0.3 is 9.80 Å². The number of halogens is 2. The Morgan fingerprint density at radius 2 is 1.77 bits per heavy atom. The number of likely N-dealkylation sites (tertiary alicyclic amines) is 2. The number of carbonyl (C=O) groups excluding carboxylic acids is 1. The molecule has 1 spiro atoms. The highest BCUT2D eigenvalue weighted by molar-refractivity contribution is 6.30. The molecule has 0 saturated carbocycles. The normalized spacial score (nSPS) is 18.5. The lowest BCUT2D eigenvalue weighted by atomic mass is 9.72. The average molecular weight is 373 g/mol. The zero-order valence-corrected chi connectivity index (χ0v) is 15.4. The van der Waals surface area contributed by atoms with Crippen molar-refractivity contribution in [2.75, 3.05) is 32.7 Å². The maximum absolute atomic E-state index is 13.2. The molecular weight excluding hydrogens is 351 g/mol. The minimum Gasteiger partial charge on any atom is -0.341 e. The average Bonchev–Trinajstić information content (AvgIpc) is 2.54. The Bertz CT molecular complexity index is 794. The summed E-state index contributed by atoms with van der Waals surface area (Å²) in [5, 5.41) is 0.692. The third-order valence-corrected chi connectivity index (χ3v) is 5.65. The Morgan fingerprint density at radius 1 is 1.04 bits per heavy atom. The van der Waals surface area contributed by atoms with Gasteiger partial charge in [-0.15, -0.1) is 0 Å². The smallest absolute Gasteiger partial charge is 0.227 e. The van der Waals surface area contributed by atoms with Crippen LogP contribution in [-0.2, 0) is 17.6 Å². The molecule has 0 aliphatic carbocycles. The molecule has 136 valence electrons. The molecule has 0 radical (unpaired) electrons. The van der Waals surface area contributed by atoms with Crippen LogP contribution in [0.3, 0.4) is 0 Å². The van der Waals surface area contributed by atoms with E-state index in [-0.39, 0.29) is 17.1 Å². The lowest BCUT2D eigenvalue weighted by Gasteiger charge is -2.60. The minimum atomic E-state index is -0.170. The van der Waals surface area contributed by atoms with E-state index < -0.39 is 0 Å². The van der Waals surface area contributed by atoms with Crippen LogP contribution in [0.2, 0.25) is 5.02 Å². The minimum absolute atomic E-state index is 0.170. The molecule has 26 heavy (non-hydrogen) atoms. The van der Waals surface area contributed by atoms with Crippen LogP contribution >= 0.6 is 11.6 Å². The van der Waals surface area contributed by atoms with E-state index in [1.165, 1.54) is 6.07 Å². The molecule has 0 N–H and O–H groups in total. The van der Waals surface area contributed by atoms with Crippen molar-refractivity contribution in [3.8, 4) is 0 Å². The molecule has 0 aromatic heterocycles. The molecule has 3 nitrogen and oxygen atoms in total. The van der Waals surface area contributed by atoms with Gasteiger partial charge in [-0.25, -0.2) is 4.39 Å². The Kier molecular flexibility index (Phi) is 4.72. The number of amides is 1. The third kappa shape index (κ3) is 3.76. The van der Waals surface area contributed by atoms with E-state index in [1.807, 2.05) is 35.2 Å². The number of nitrogens with zero attached hydrogens (tertiary/aromatic N) is 2. The summed E-state index contributed by atoms with van der Waals surface area (Å²) >= 11 is 5.88. The molecule has 2 heterocycles. The predicted octanol–water partition coefficient (Wildman–Crippen LogP) is 3.41. The number of carbonyl (C=O) groups is 1. The highest BCUT2D eigenvalue weighted by atomic mass is 35.5. The van der Waals surface area contributed by atoms with Crippen LogP contribution in [0.4, 0.5) is 4.39 Å². The van der Waals surface area contributed by atoms with Crippen molar-refractivity contribution < 1.29 is 9.18 Å². The van der Waals surface area contributed by atoms with E-state index in [0.717, 1.165) is 50.3 Å². The second-order valence-electron chi connectivity index (χ2n) is 7.64. The zero-order chi connectivity index (χ0) is 18.1. The molecule has 0 bridgehead atoms. The molecule has 5 heteroatoms. The highest BCUT2D eigenvalue weighted by Crippen LogP contribution is 2.39. The van der Waals surface area contributed by atoms with E-state index in [0.29, 0.717) is 11.4 Å². The first-order chi connectivity index (χ1) is 12.5. The lowest BCUT2D eigenvalue weighted by molar-refractivity contribution is -0.158. The fourth-order valence-electron chi connectivity index (χ4n) is 4.07. The van der Waals surface area contributed by atoms with Crippen LogP contribution in [-0.4, -0.2) is 48.4 Å². The van der Waals surface area contributed by atoms with Crippen molar-refractivity contribution in [3.63, 3.8) is 0 Å². The largest absolute Gasteiger partial charge is 0.341 e. The quantitative estimate of drug-likeness (QED) is 0.803. The molecule has 0 atom stereocenters. The van der Waals surface area contributed by atoms with E-state index in [4.69, 9.17) is 11.6 Å². The Morgan fingerprint density at radius 3 is 2.46 bits per heavy atom. The molecule has 2 fully saturated rings. The van der Waals surface area contributed by atoms with Gasteiger partial charge in [-0.1, -0.05) is 35.9 Å².